The van der Waals surface area contributed by atoms with Crippen molar-refractivity contribution in [2.45, 2.75) is 39.2 Å². The van der Waals surface area contributed by atoms with Gasteiger partial charge in [0.05, 0.1) is 4.47 Å². The molecule has 0 aliphatic carbocycles. The molecule has 0 aromatic heterocycles. The molecular weight excluding hydrogens is 269 g/mol. The van der Waals surface area contributed by atoms with Crippen molar-refractivity contribution in [3.63, 3.8) is 0 Å². The van der Waals surface area contributed by atoms with Gasteiger partial charge in [0, 0.05) is 6.04 Å². The van der Waals surface area contributed by atoms with E-state index in [4.69, 9.17) is 0 Å². The van der Waals surface area contributed by atoms with E-state index in [-0.39, 0.29) is 11.9 Å². The minimum Gasteiger partial charge on any atom is -0.310 e. The molecule has 1 nitrogen and oxygen atoms in total. The van der Waals surface area contributed by atoms with Gasteiger partial charge in [-0.25, -0.2) is 4.39 Å². The van der Waals surface area contributed by atoms with E-state index in [0.29, 0.717) is 4.47 Å². The summed E-state index contributed by atoms with van der Waals surface area (Å²) in [4.78, 5) is 0. The molecule has 0 aliphatic rings. The summed E-state index contributed by atoms with van der Waals surface area (Å²) in [7, 11) is 0. The molecule has 0 fully saturated rings. The number of nitrogens with one attached hydrogen (secondary N) is 1. The second kappa shape index (κ2) is 7.02. The van der Waals surface area contributed by atoms with Crippen LogP contribution in [-0.4, -0.2) is 6.54 Å². The molecule has 1 unspecified atom stereocenters. The summed E-state index contributed by atoms with van der Waals surface area (Å²) < 4.78 is 14.0. The number of hydrogen-bond acceptors (Lipinski definition) is 1. The van der Waals surface area contributed by atoms with Gasteiger partial charge in [0.15, 0.2) is 0 Å². The van der Waals surface area contributed by atoms with Crippen LogP contribution in [0.4, 0.5) is 4.39 Å². The zero-order valence-electron chi connectivity index (χ0n) is 9.89. The van der Waals surface area contributed by atoms with Crippen LogP contribution in [0, 0.1) is 5.82 Å². The average Bonchev–Trinajstić information content (AvgIpc) is 2.28. The maximum absolute atomic E-state index is 13.4. The summed E-state index contributed by atoms with van der Waals surface area (Å²) in [5, 5.41) is 3.41. The first-order valence-corrected chi connectivity index (χ1v) is 6.67. The van der Waals surface area contributed by atoms with Crippen LogP contribution >= 0.6 is 15.9 Å². The molecule has 1 N–H and O–H groups in total. The van der Waals surface area contributed by atoms with Crippen molar-refractivity contribution in [3.05, 3.63) is 34.1 Å². The first-order chi connectivity index (χ1) is 7.70. The highest BCUT2D eigenvalue weighted by molar-refractivity contribution is 9.10. The fraction of sp³-hybridized carbons (Fsp3) is 0.538. The molecular formula is C13H19BrFN. The van der Waals surface area contributed by atoms with Gasteiger partial charge in [-0.1, -0.05) is 38.8 Å². The molecule has 0 saturated heterocycles. The highest BCUT2D eigenvalue weighted by atomic mass is 79.9. The van der Waals surface area contributed by atoms with Crippen LogP contribution in [0.3, 0.4) is 0 Å². The van der Waals surface area contributed by atoms with Gasteiger partial charge < -0.3 is 5.32 Å². The number of rotatable bonds is 6. The number of benzene rings is 1. The Balaban J connectivity index is 2.86. The second-order valence-electron chi connectivity index (χ2n) is 3.90. The van der Waals surface area contributed by atoms with E-state index in [1.54, 1.807) is 6.07 Å². The molecule has 0 radical (unpaired) electrons. The van der Waals surface area contributed by atoms with Gasteiger partial charge in [0.25, 0.3) is 0 Å². The highest BCUT2D eigenvalue weighted by Gasteiger charge is 2.14. The van der Waals surface area contributed by atoms with Crippen molar-refractivity contribution in [3.8, 4) is 0 Å². The molecule has 0 aliphatic heterocycles. The molecule has 0 heterocycles. The predicted molar refractivity (Wildman–Crippen MR) is 70.0 cm³/mol. The summed E-state index contributed by atoms with van der Waals surface area (Å²) in [6, 6.07) is 5.48. The van der Waals surface area contributed by atoms with Crippen LogP contribution in [-0.2, 0) is 0 Å². The topological polar surface area (TPSA) is 12.0 Å². The molecule has 0 saturated carbocycles. The van der Waals surface area contributed by atoms with E-state index in [1.807, 2.05) is 6.07 Å². The molecule has 90 valence electrons. The lowest BCUT2D eigenvalue weighted by molar-refractivity contribution is 0.489. The highest BCUT2D eigenvalue weighted by Crippen LogP contribution is 2.28. The summed E-state index contributed by atoms with van der Waals surface area (Å²) in [6.07, 6.45) is 3.36. The van der Waals surface area contributed by atoms with Gasteiger partial charge in [0.1, 0.15) is 5.82 Å². The quantitative estimate of drug-likeness (QED) is 0.816. The van der Waals surface area contributed by atoms with Gasteiger partial charge in [-0.2, -0.15) is 0 Å². The standard InChI is InChI=1S/C13H19BrFN/c1-3-5-9-12(16-4-2)10-7-6-8-11(15)13(10)14/h6-8,12,16H,3-5,9H2,1-2H3. The average molecular weight is 288 g/mol. The Bertz CT molecular complexity index is 328. The van der Waals surface area contributed by atoms with Crippen molar-refractivity contribution in [1.29, 1.82) is 0 Å². The first-order valence-electron chi connectivity index (χ1n) is 5.88. The van der Waals surface area contributed by atoms with Gasteiger partial charge >= 0.3 is 0 Å². The van der Waals surface area contributed by atoms with Crippen LogP contribution < -0.4 is 5.32 Å². The van der Waals surface area contributed by atoms with E-state index >= 15 is 0 Å². The predicted octanol–water partition coefficient (Wildman–Crippen LogP) is 4.43. The van der Waals surface area contributed by atoms with E-state index in [2.05, 4.69) is 35.1 Å². The molecule has 16 heavy (non-hydrogen) atoms. The lowest BCUT2D eigenvalue weighted by Gasteiger charge is -2.19. The number of hydrogen-bond donors (Lipinski definition) is 1. The Kier molecular flexibility index (Phi) is 5.99. The summed E-state index contributed by atoms with van der Waals surface area (Å²) in [5.74, 6) is -0.183. The Morgan fingerprint density at radius 1 is 1.38 bits per heavy atom. The monoisotopic (exact) mass is 287 g/mol. The zero-order chi connectivity index (χ0) is 12.0. The lowest BCUT2D eigenvalue weighted by atomic mass is 10.0. The van der Waals surface area contributed by atoms with Gasteiger partial charge in [-0.05, 0) is 40.5 Å². The molecule has 0 spiro atoms. The van der Waals surface area contributed by atoms with Crippen LogP contribution in [0.5, 0.6) is 0 Å². The van der Waals surface area contributed by atoms with Crippen molar-refractivity contribution in [2.24, 2.45) is 0 Å². The third-order valence-electron chi connectivity index (χ3n) is 2.65. The molecule has 1 atom stereocenters. The SMILES string of the molecule is CCCCC(NCC)c1cccc(F)c1Br. The molecule has 1 aromatic rings. The second-order valence-corrected chi connectivity index (χ2v) is 4.69. The molecule has 0 amide bonds. The van der Waals surface area contributed by atoms with Crippen molar-refractivity contribution in [1.82, 2.24) is 5.32 Å². The van der Waals surface area contributed by atoms with Crippen LogP contribution in [0.1, 0.15) is 44.7 Å². The number of unbranched alkanes of at least 4 members (excludes halogenated alkanes) is 1. The van der Waals surface area contributed by atoms with Crippen molar-refractivity contribution in [2.75, 3.05) is 6.54 Å². The fourth-order valence-electron chi connectivity index (χ4n) is 1.81. The Hall–Kier alpha value is -0.410. The summed E-state index contributed by atoms with van der Waals surface area (Å²) in [6.45, 7) is 5.15. The third-order valence-corrected chi connectivity index (χ3v) is 3.49. The lowest BCUT2D eigenvalue weighted by Crippen LogP contribution is -2.21. The van der Waals surface area contributed by atoms with Crippen molar-refractivity contribution >= 4 is 15.9 Å². The van der Waals surface area contributed by atoms with Crippen LogP contribution in [0.15, 0.2) is 22.7 Å². The zero-order valence-corrected chi connectivity index (χ0v) is 11.5. The fourth-order valence-corrected chi connectivity index (χ4v) is 2.35. The molecule has 1 aromatic carbocycles. The van der Waals surface area contributed by atoms with Gasteiger partial charge in [0.2, 0.25) is 0 Å². The maximum atomic E-state index is 13.4. The van der Waals surface area contributed by atoms with E-state index < -0.39 is 0 Å². The Labute approximate surface area is 106 Å². The first kappa shape index (κ1) is 13.7. The third kappa shape index (κ3) is 3.56. The smallest absolute Gasteiger partial charge is 0.137 e. The van der Waals surface area contributed by atoms with E-state index in [1.165, 1.54) is 6.07 Å². The summed E-state index contributed by atoms with van der Waals surface area (Å²) >= 11 is 3.33. The largest absolute Gasteiger partial charge is 0.310 e. The van der Waals surface area contributed by atoms with Gasteiger partial charge in [-0.3, -0.25) is 0 Å². The molecule has 1 rings (SSSR count). The van der Waals surface area contributed by atoms with Crippen LogP contribution in [0.25, 0.3) is 0 Å². The van der Waals surface area contributed by atoms with E-state index in [9.17, 15) is 4.39 Å². The maximum Gasteiger partial charge on any atom is 0.137 e. The van der Waals surface area contributed by atoms with E-state index in [0.717, 1.165) is 31.4 Å². The molecule has 0 bridgehead atoms. The molecule has 3 heteroatoms. The Morgan fingerprint density at radius 3 is 2.75 bits per heavy atom. The number of halogens is 2. The minimum atomic E-state index is -0.183. The minimum absolute atomic E-state index is 0.183. The van der Waals surface area contributed by atoms with Crippen LogP contribution in [0.2, 0.25) is 0 Å². The van der Waals surface area contributed by atoms with Gasteiger partial charge in [-0.15, -0.1) is 0 Å². The normalized spacial score (nSPS) is 12.8. The Morgan fingerprint density at radius 2 is 2.12 bits per heavy atom. The summed E-state index contributed by atoms with van der Waals surface area (Å²) in [5.41, 5.74) is 1.02. The van der Waals surface area contributed by atoms with Crippen molar-refractivity contribution < 1.29 is 4.39 Å².